The second kappa shape index (κ2) is 8.92. The van der Waals surface area contributed by atoms with E-state index in [0.29, 0.717) is 62.8 Å². The molecule has 2 saturated heterocycles. The zero-order valence-corrected chi connectivity index (χ0v) is 18.9. The first kappa shape index (κ1) is 21.5. The van der Waals surface area contributed by atoms with Gasteiger partial charge in [0.2, 0.25) is 0 Å². The summed E-state index contributed by atoms with van der Waals surface area (Å²) in [7, 11) is 1.82. The number of pyridine rings is 1. The second-order valence-corrected chi connectivity index (χ2v) is 8.39. The Morgan fingerprint density at radius 1 is 1.00 bits per heavy atom. The van der Waals surface area contributed by atoms with Crippen molar-refractivity contribution in [2.75, 3.05) is 46.0 Å². The molecule has 0 N–H and O–H groups in total. The molecular weight excluding hydrogens is 422 g/mol. The lowest BCUT2D eigenvalue weighted by molar-refractivity contribution is -0.0246. The molecule has 0 bridgehead atoms. The third-order valence-electron chi connectivity index (χ3n) is 6.41. The lowest BCUT2D eigenvalue weighted by Crippen LogP contribution is -2.43. The quantitative estimate of drug-likeness (QED) is 0.607. The molecule has 3 aromatic rings. The molecule has 2 amide bonds. The minimum atomic E-state index is -0.416. The summed E-state index contributed by atoms with van der Waals surface area (Å²) in [5.74, 6) is -0.104. The van der Waals surface area contributed by atoms with Crippen molar-refractivity contribution in [3.05, 3.63) is 59.0 Å². The van der Waals surface area contributed by atoms with Crippen molar-refractivity contribution in [1.29, 1.82) is 0 Å². The Morgan fingerprint density at radius 2 is 1.73 bits per heavy atom. The highest BCUT2D eigenvalue weighted by Gasteiger charge is 2.30. The molecule has 1 aromatic carbocycles. The van der Waals surface area contributed by atoms with Crippen molar-refractivity contribution in [2.45, 2.75) is 13.0 Å². The number of hydrogen-bond donors (Lipinski definition) is 0. The highest BCUT2D eigenvalue weighted by molar-refractivity contribution is 6.06. The number of benzene rings is 1. The maximum atomic E-state index is 13.4. The number of carbonyl (C=O) groups is 2. The van der Waals surface area contributed by atoms with Crippen LogP contribution in [-0.2, 0) is 16.5 Å². The third kappa shape index (κ3) is 4.09. The van der Waals surface area contributed by atoms with Crippen molar-refractivity contribution in [1.82, 2.24) is 24.6 Å². The van der Waals surface area contributed by atoms with E-state index >= 15 is 0 Å². The van der Waals surface area contributed by atoms with Gasteiger partial charge in [0.05, 0.1) is 54.9 Å². The number of aryl methyl sites for hydroxylation is 1. The van der Waals surface area contributed by atoms with E-state index in [1.165, 1.54) is 0 Å². The van der Waals surface area contributed by atoms with E-state index in [4.69, 9.17) is 14.5 Å². The van der Waals surface area contributed by atoms with E-state index in [0.717, 1.165) is 16.6 Å². The van der Waals surface area contributed by atoms with Crippen molar-refractivity contribution >= 4 is 22.7 Å². The van der Waals surface area contributed by atoms with E-state index in [9.17, 15) is 9.59 Å². The van der Waals surface area contributed by atoms with Crippen LogP contribution >= 0.6 is 0 Å². The summed E-state index contributed by atoms with van der Waals surface area (Å²) in [5.41, 5.74) is 3.42. The Kier molecular flexibility index (Phi) is 5.82. The van der Waals surface area contributed by atoms with Gasteiger partial charge in [0.1, 0.15) is 6.10 Å². The largest absolute Gasteiger partial charge is 0.378 e. The molecule has 33 heavy (non-hydrogen) atoms. The topological polar surface area (TPSA) is 89.8 Å². The van der Waals surface area contributed by atoms with Crippen LogP contribution in [0.2, 0.25) is 0 Å². The normalized spacial score (nSPS) is 19.2. The van der Waals surface area contributed by atoms with Crippen molar-refractivity contribution in [3.8, 4) is 0 Å². The number of aromatic nitrogens is 3. The van der Waals surface area contributed by atoms with Crippen LogP contribution in [0, 0.1) is 6.92 Å². The van der Waals surface area contributed by atoms with Crippen LogP contribution in [-0.4, -0.2) is 82.4 Å². The van der Waals surface area contributed by atoms with Crippen LogP contribution in [0.25, 0.3) is 10.9 Å². The number of rotatable bonds is 3. The molecule has 0 aliphatic carbocycles. The maximum Gasteiger partial charge on any atom is 0.257 e. The van der Waals surface area contributed by atoms with Crippen LogP contribution in [0.1, 0.15) is 38.2 Å². The summed E-state index contributed by atoms with van der Waals surface area (Å²) in [5, 5.41) is 5.01. The Morgan fingerprint density at radius 3 is 2.48 bits per heavy atom. The van der Waals surface area contributed by atoms with Crippen LogP contribution in [0.5, 0.6) is 0 Å². The van der Waals surface area contributed by atoms with E-state index in [2.05, 4.69) is 5.10 Å². The first-order valence-corrected chi connectivity index (χ1v) is 11.2. The smallest absolute Gasteiger partial charge is 0.257 e. The Labute approximate surface area is 191 Å². The molecule has 2 aliphatic rings. The van der Waals surface area contributed by atoms with Crippen molar-refractivity contribution < 1.29 is 19.1 Å². The van der Waals surface area contributed by atoms with Gasteiger partial charge >= 0.3 is 0 Å². The predicted molar refractivity (Wildman–Crippen MR) is 121 cm³/mol. The van der Waals surface area contributed by atoms with Gasteiger partial charge in [-0.05, 0) is 19.1 Å². The second-order valence-electron chi connectivity index (χ2n) is 8.39. The first-order valence-electron chi connectivity index (χ1n) is 11.2. The highest BCUT2D eigenvalue weighted by atomic mass is 16.5. The summed E-state index contributed by atoms with van der Waals surface area (Å²) >= 11 is 0. The molecule has 1 atom stereocenters. The number of fused-ring (bicyclic) bond motifs is 1. The molecule has 4 heterocycles. The van der Waals surface area contributed by atoms with Crippen molar-refractivity contribution in [3.63, 3.8) is 0 Å². The average Bonchev–Trinajstić information content (AvgIpc) is 3.21. The van der Waals surface area contributed by atoms with Crippen molar-refractivity contribution in [2.24, 2.45) is 7.05 Å². The molecule has 0 saturated carbocycles. The van der Waals surface area contributed by atoms with Gasteiger partial charge < -0.3 is 19.3 Å². The molecule has 2 fully saturated rings. The molecule has 9 heteroatoms. The SMILES string of the molecule is Cc1c(C(=O)N2CCO[C@H](c3cc(C(=O)N4CCOCC4)c4ccccc4n3)C2)cnn1C. The molecule has 2 aliphatic heterocycles. The maximum absolute atomic E-state index is 13.4. The van der Waals surface area contributed by atoms with E-state index in [-0.39, 0.29) is 11.8 Å². The lowest BCUT2D eigenvalue weighted by Gasteiger charge is -2.33. The van der Waals surface area contributed by atoms with Crippen LogP contribution in [0.15, 0.2) is 36.5 Å². The molecule has 2 aromatic heterocycles. The Hall–Kier alpha value is -3.30. The summed E-state index contributed by atoms with van der Waals surface area (Å²) in [6.07, 6.45) is 1.19. The number of hydrogen-bond acceptors (Lipinski definition) is 6. The molecular formula is C24H27N5O4. The van der Waals surface area contributed by atoms with Gasteiger partial charge in [0.15, 0.2) is 0 Å². The van der Waals surface area contributed by atoms with E-state index in [1.54, 1.807) is 15.8 Å². The summed E-state index contributed by atoms with van der Waals surface area (Å²) in [6, 6.07) is 9.47. The van der Waals surface area contributed by atoms with Crippen LogP contribution in [0.4, 0.5) is 0 Å². The monoisotopic (exact) mass is 449 g/mol. The first-order chi connectivity index (χ1) is 16.0. The number of para-hydroxylation sites is 1. The fourth-order valence-corrected chi connectivity index (χ4v) is 4.37. The number of carbonyl (C=O) groups excluding carboxylic acids is 2. The number of ether oxygens (including phenoxy) is 2. The van der Waals surface area contributed by atoms with Gasteiger partial charge in [-0.2, -0.15) is 5.10 Å². The number of morpholine rings is 2. The zero-order chi connectivity index (χ0) is 22.9. The fraction of sp³-hybridized carbons (Fsp3) is 0.417. The third-order valence-corrected chi connectivity index (χ3v) is 6.41. The predicted octanol–water partition coefficient (Wildman–Crippen LogP) is 1.96. The van der Waals surface area contributed by atoms with Gasteiger partial charge in [-0.1, -0.05) is 18.2 Å². The lowest BCUT2D eigenvalue weighted by atomic mass is 10.0. The van der Waals surface area contributed by atoms with Gasteiger partial charge in [-0.15, -0.1) is 0 Å². The van der Waals surface area contributed by atoms with Gasteiger partial charge in [0.25, 0.3) is 11.8 Å². The standard InChI is InChI=1S/C24H27N5O4/c1-16-19(14-25-27(16)2)24(31)29-9-12-33-22(15-29)21-13-18(17-5-3-4-6-20(17)26-21)23(30)28-7-10-32-11-8-28/h3-6,13-14,22H,7-12,15H2,1-2H3/t22-/m0/s1. The molecule has 0 unspecified atom stereocenters. The number of amides is 2. The highest BCUT2D eigenvalue weighted by Crippen LogP contribution is 2.28. The summed E-state index contributed by atoms with van der Waals surface area (Å²) in [4.78, 5) is 34.9. The molecule has 172 valence electrons. The van der Waals surface area contributed by atoms with E-state index in [1.807, 2.05) is 49.2 Å². The van der Waals surface area contributed by atoms with Crippen LogP contribution in [0.3, 0.4) is 0 Å². The van der Waals surface area contributed by atoms with Gasteiger partial charge in [0, 0.05) is 37.8 Å². The van der Waals surface area contributed by atoms with Gasteiger partial charge in [-0.25, -0.2) is 4.98 Å². The van der Waals surface area contributed by atoms with Gasteiger partial charge in [-0.3, -0.25) is 14.3 Å². The number of nitrogens with zero attached hydrogens (tertiary/aromatic N) is 5. The summed E-state index contributed by atoms with van der Waals surface area (Å²) < 4.78 is 13.1. The fourth-order valence-electron chi connectivity index (χ4n) is 4.37. The molecule has 9 nitrogen and oxygen atoms in total. The molecule has 0 radical (unpaired) electrons. The summed E-state index contributed by atoms with van der Waals surface area (Å²) in [6.45, 7) is 5.36. The molecule has 5 rings (SSSR count). The Balaban J connectivity index is 1.46. The minimum absolute atomic E-state index is 0.0344. The zero-order valence-electron chi connectivity index (χ0n) is 18.9. The average molecular weight is 450 g/mol. The minimum Gasteiger partial charge on any atom is -0.378 e. The Bertz CT molecular complexity index is 1200. The van der Waals surface area contributed by atoms with Crippen LogP contribution < -0.4 is 0 Å². The molecule has 0 spiro atoms. The van der Waals surface area contributed by atoms with E-state index < -0.39 is 6.10 Å².